The number of nitrogens with zero attached hydrogens (tertiary/aromatic N) is 3. The molecule has 7 nitrogen and oxygen atoms in total. The summed E-state index contributed by atoms with van der Waals surface area (Å²) >= 11 is 5.75. The normalized spacial score (nSPS) is 16.6. The van der Waals surface area contributed by atoms with Crippen molar-refractivity contribution in [3.8, 4) is 11.6 Å². The molecule has 1 aliphatic heterocycles. The van der Waals surface area contributed by atoms with Gasteiger partial charge in [-0.2, -0.15) is 4.98 Å². The highest BCUT2D eigenvalue weighted by molar-refractivity contribution is 6.18. The second-order valence-electron chi connectivity index (χ2n) is 6.73. The molecule has 0 saturated carbocycles. The highest BCUT2D eigenvalue weighted by Gasteiger charge is 2.30. The van der Waals surface area contributed by atoms with E-state index in [9.17, 15) is 9.59 Å². The van der Waals surface area contributed by atoms with E-state index in [1.165, 1.54) is 0 Å². The van der Waals surface area contributed by atoms with E-state index in [0.717, 1.165) is 25.0 Å². The summed E-state index contributed by atoms with van der Waals surface area (Å²) in [5.41, 5.74) is 6.42. The fourth-order valence-corrected chi connectivity index (χ4v) is 3.46. The van der Waals surface area contributed by atoms with Crippen LogP contribution in [0.3, 0.4) is 0 Å². The zero-order valence-electron chi connectivity index (χ0n) is 15.7. The molecule has 1 aromatic heterocycles. The van der Waals surface area contributed by atoms with E-state index >= 15 is 0 Å². The molecule has 1 saturated heterocycles. The molecule has 2 N–H and O–H groups in total. The molecule has 148 valence electrons. The third-order valence-corrected chi connectivity index (χ3v) is 4.83. The molecule has 2 aromatic rings. The van der Waals surface area contributed by atoms with Crippen molar-refractivity contribution in [3.63, 3.8) is 0 Å². The number of carbonyl (C=O) groups is 2. The van der Waals surface area contributed by atoms with Gasteiger partial charge in [0.25, 0.3) is 0 Å². The average molecular weight is 403 g/mol. The fourth-order valence-electron chi connectivity index (χ4n) is 3.29. The smallest absolute Gasteiger partial charge is 0.248 e. The fraction of sp³-hybridized carbons (Fsp3) is 0.400. The molecule has 1 aromatic carbocycles. The molecule has 0 spiro atoms. The van der Waals surface area contributed by atoms with E-state index in [4.69, 9.17) is 22.1 Å². The topological polar surface area (TPSA) is 98.4 Å². The summed E-state index contributed by atoms with van der Waals surface area (Å²) in [4.78, 5) is 34.6. The van der Waals surface area contributed by atoms with Gasteiger partial charge < -0.3 is 15.4 Å². The molecule has 1 aliphatic rings. The highest BCUT2D eigenvalue weighted by Crippen LogP contribution is 2.31. The van der Waals surface area contributed by atoms with Crippen LogP contribution in [0.2, 0.25) is 0 Å². The Morgan fingerprint density at radius 1 is 1.25 bits per heavy atom. The average Bonchev–Trinajstić information content (AvgIpc) is 2.68. The summed E-state index contributed by atoms with van der Waals surface area (Å²) in [7, 11) is 0. The molecule has 0 radical (unpaired) electrons. The van der Waals surface area contributed by atoms with Crippen LogP contribution in [0.1, 0.15) is 53.6 Å². The predicted molar refractivity (Wildman–Crippen MR) is 105 cm³/mol. The maximum atomic E-state index is 12.4. The summed E-state index contributed by atoms with van der Waals surface area (Å²) in [6.45, 7) is 2.55. The minimum Gasteiger partial charge on any atom is -0.439 e. The van der Waals surface area contributed by atoms with Crippen molar-refractivity contribution >= 4 is 23.4 Å². The highest BCUT2D eigenvalue weighted by atomic mass is 35.5. The monoisotopic (exact) mass is 402 g/mol. The van der Waals surface area contributed by atoms with Gasteiger partial charge in [-0.3, -0.25) is 9.59 Å². The van der Waals surface area contributed by atoms with Crippen molar-refractivity contribution in [1.82, 2.24) is 14.9 Å². The summed E-state index contributed by atoms with van der Waals surface area (Å²) in [6, 6.07) is 8.08. The van der Waals surface area contributed by atoms with Crippen LogP contribution in [0.4, 0.5) is 0 Å². The van der Waals surface area contributed by atoms with Crippen molar-refractivity contribution in [2.24, 2.45) is 5.73 Å². The van der Waals surface area contributed by atoms with Crippen molar-refractivity contribution < 1.29 is 14.3 Å². The Kier molecular flexibility index (Phi) is 6.46. The van der Waals surface area contributed by atoms with Crippen LogP contribution >= 0.6 is 11.6 Å². The molecule has 8 heteroatoms. The molecule has 1 fully saturated rings. The lowest BCUT2D eigenvalue weighted by atomic mass is 10.0. The number of amides is 2. The Bertz CT molecular complexity index is 857. The maximum Gasteiger partial charge on any atom is 0.248 e. The van der Waals surface area contributed by atoms with Gasteiger partial charge in [0.2, 0.25) is 17.7 Å². The largest absolute Gasteiger partial charge is 0.439 e. The Morgan fingerprint density at radius 2 is 2.00 bits per heavy atom. The van der Waals surface area contributed by atoms with E-state index in [2.05, 4.69) is 9.97 Å². The van der Waals surface area contributed by atoms with Crippen molar-refractivity contribution in [2.75, 3.05) is 12.4 Å². The molecule has 1 unspecified atom stereocenters. The summed E-state index contributed by atoms with van der Waals surface area (Å²) in [5, 5.41) is 0. The van der Waals surface area contributed by atoms with Crippen LogP contribution in [0.5, 0.6) is 11.6 Å². The van der Waals surface area contributed by atoms with Gasteiger partial charge in [-0.15, -0.1) is 11.6 Å². The second-order valence-corrected chi connectivity index (χ2v) is 7.11. The van der Waals surface area contributed by atoms with Crippen LogP contribution < -0.4 is 10.5 Å². The number of hydrogen-bond donors (Lipinski definition) is 1. The van der Waals surface area contributed by atoms with E-state index in [1.807, 2.05) is 11.8 Å². The van der Waals surface area contributed by atoms with Crippen LogP contribution in [0.15, 0.2) is 30.3 Å². The lowest BCUT2D eigenvalue weighted by molar-refractivity contribution is -0.134. The Balaban J connectivity index is 1.83. The Labute approximate surface area is 168 Å². The lowest BCUT2D eigenvalue weighted by Gasteiger charge is -2.34. The summed E-state index contributed by atoms with van der Waals surface area (Å²) < 4.78 is 5.84. The molecule has 0 aliphatic carbocycles. The number of primary amides is 1. The number of carbonyl (C=O) groups excluding carboxylic acids is 2. The number of alkyl halides is 1. The van der Waals surface area contributed by atoms with Gasteiger partial charge in [0.1, 0.15) is 5.75 Å². The number of likely N-dealkylation sites (tertiary alicyclic amines) is 1. The molecule has 28 heavy (non-hydrogen) atoms. The number of nitrogens with two attached hydrogens (primary N) is 1. The van der Waals surface area contributed by atoms with Gasteiger partial charge in [0.05, 0.1) is 6.04 Å². The van der Waals surface area contributed by atoms with Crippen LogP contribution in [0.25, 0.3) is 0 Å². The van der Waals surface area contributed by atoms with Crippen LogP contribution in [-0.2, 0) is 4.79 Å². The number of rotatable bonds is 6. The summed E-state index contributed by atoms with van der Waals surface area (Å²) in [5.74, 6) is 1.33. The van der Waals surface area contributed by atoms with E-state index < -0.39 is 5.91 Å². The minimum atomic E-state index is -0.495. The van der Waals surface area contributed by atoms with Gasteiger partial charge in [-0.1, -0.05) is 0 Å². The predicted octanol–water partition coefficient (Wildman–Crippen LogP) is 3.36. The van der Waals surface area contributed by atoms with E-state index in [-0.39, 0.29) is 11.9 Å². The number of aryl methyl sites for hydroxylation is 1. The van der Waals surface area contributed by atoms with Crippen LogP contribution in [-0.4, -0.2) is 39.1 Å². The van der Waals surface area contributed by atoms with Gasteiger partial charge >= 0.3 is 0 Å². The maximum absolute atomic E-state index is 12.4. The van der Waals surface area contributed by atoms with Crippen LogP contribution in [0, 0.1) is 6.92 Å². The van der Waals surface area contributed by atoms with E-state index in [0.29, 0.717) is 41.9 Å². The van der Waals surface area contributed by atoms with Gasteiger partial charge in [-0.05, 0) is 50.5 Å². The molecular formula is C20H23ClN4O3. The van der Waals surface area contributed by atoms with Gasteiger partial charge in [0.15, 0.2) is 5.82 Å². The van der Waals surface area contributed by atoms with E-state index in [1.54, 1.807) is 30.3 Å². The Hall–Kier alpha value is -2.67. The first-order valence-electron chi connectivity index (χ1n) is 9.26. The number of hydrogen-bond acceptors (Lipinski definition) is 5. The molecule has 3 rings (SSSR count). The minimum absolute atomic E-state index is 0.0225. The number of piperidine rings is 1. The Morgan fingerprint density at radius 3 is 2.68 bits per heavy atom. The number of benzene rings is 1. The second kappa shape index (κ2) is 9.01. The van der Waals surface area contributed by atoms with Crippen molar-refractivity contribution in [1.29, 1.82) is 0 Å². The van der Waals surface area contributed by atoms with Crippen molar-refractivity contribution in [2.45, 2.75) is 38.6 Å². The number of aromatic nitrogens is 2. The molecule has 2 heterocycles. The van der Waals surface area contributed by atoms with Gasteiger partial charge in [-0.25, -0.2) is 4.98 Å². The molecule has 1 atom stereocenters. The zero-order valence-corrected chi connectivity index (χ0v) is 16.5. The lowest BCUT2D eigenvalue weighted by Crippen LogP contribution is -2.39. The first kappa shape index (κ1) is 20.1. The standard InChI is InChI=1S/C20H23ClN4O3/c1-13-12-17(28-15-7-5-14(6-8-15)19(22)27)24-20(23-13)16-4-2-3-11-25(16)18(26)9-10-21/h5-8,12,16H,2-4,9-11H2,1H3,(H2,22,27). The first-order valence-corrected chi connectivity index (χ1v) is 9.80. The zero-order chi connectivity index (χ0) is 20.1. The first-order chi connectivity index (χ1) is 13.5. The third kappa shape index (κ3) is 4.78. The van der Waals surface area contributed by atoms with Crippen molar-refractivity contribution in [3.05, 3.63) is 47.4 Å². The van der Waals surface area contributed by atoms with Gasteiger partial charge in [0, 0.05) is 36.2 Å². The number of halogens is 1. The number of ether oxygens (including phenoxy) is 1. The summed E-state index contributed by atoms with van der Waals surface area (Å²) in [6.07, 6.45) is 3.09. The molecule has 2 amide bonds. The molecular weight excluding hydrogens is 380 g/mol. The SMILES string of the molecule is Cc1cc(Oc2ccc(C(N)=O)cc2)nc(C2CCCCN2C(=O)CCCl)n1. The molecule has 0 bridgehead atoms. The third-order valence-electron chi connectivity index (χ3n) is 4.64. The quantitative estimate of drug-likeness (QED) is 0.747.